The fourth-order valence-electron chi connectivity index (χ4n) is 3.19. The summed E-state index contributed by atoms with van der Waals surface area (Å²) in [5, 5.41) is 11.1. The summed E-state index contributed by atoms with van der Waals surface area (Å²) < 4.78 is 9.98. The van der Waals surface area contributed by atoms with E-state index in [-0.39, 0.29) is 28.9 Å². The molecule has 0 bridgehead atoms. The molecule has 8 nitrogen and oxygen atoms in total. The van der Waals surface area contributed by atoms with Gasteiger partial charge in [-0.2, -0.15) is 0 Å². The Morgan fingerprint density at radius 3 is 2.70 bits per heavy atom. The van der Waals surface area contributed by atoms with Crippen molar-refractivity contribution in [1.82, 2.24) is 0 Å². The predicted molar refractivity (Wildman–Crippen MR) is 97.0 cm³/mol. The molecule has 8 heteroatoms. The van der Waals surface area contributed by atoms with Crippen molar-refractivity contribution in [3.63, 3.8) is 0 Å². The molecule has 0 radical (unpaired) electrons. The number of para-hydroxylation sites is 1. The van der Waals surface area contributed by atoms with Crippen LogP contribution in [-0.4, -0.2) is 36.6 Å². The number of hydrogen-bond donors (Lipinski definition) is 0. The number of fused-ring (bicyclic) bond motifs is 1. The van der Waals surface area contributed by atoms with E-state index in [9.17, 15) is 19.7 Å². The number of nitro groups is 1. The monoisotopic (exact) mass is 370 g/mol. The van der Waals surface area contributed by atoms with Crippen LogP contribution >= 0.6 is 0 Å². The number of carbonyl (C=O) groups excluding carboxylic acids is 2. The number of amides is 1. The Morgan fingerprint density at radius 1 is 1.26 bits per heavy atom. The molecule has 0 aliphatic carbocycles. The number of benzene rings is 2. The van der Waals surface area contributed by atoms with Crippen molar-refractivity contribution in [3.8, 4) is 5.75 Å². The molecule has 0 fully saturated rings. The van der Waals surface area contributed by atoms with Crippen molar-refractivity contribution in [2.24, 2.45) is 0 Å². The van der Waals surface area contributed by atoms with Gasteiger partial charge in [-0.25, -0.2) is 4.79 Å². The molecule has 0 saturated carbocycles. The number of hydrogen-bond acceptors (Lipinski definition) is 6. The van der Waals surface area contributed by atoms with Gasteiger partial charge in [-0.3, -0.25) is 14.9 Å². The topological polar surface area (TPSA) is 99.0 Å². The first-order chi connectivity index (χ1) is 12.9. The third kappa shape index (κ3) is 3.59. The summed E-state index contributed by atoms with van der Waals surface area (Å²) >= 11 is 0. The minimum Gasteiger partial charge on any atom is -0.490 e. The molecule has 3 rings (SSSR count). The fourth-order valence-corrected chi connectivity index (χ4v) is 3.19. The summed E-state index contributed by atoms with van der Waals surface area (Å²) in [5.41, 5.74) is 1.51. The highest BCUT2D eigenvalue weighted by Gasteiger charge is 2.31. The summed E-state index contributed by atoms with van der Waals surface area (Å²) in [6.07, 6.45) is 0.737. The molecule has 1 amide bonds. The number of methoxy groups -OCH3 is 1. The van der Waals surface area contributed by atoms with Crippen LogP contribution in [-0.2, 0) is 16.0 Å². The lowest BCUT2D eigenvalue weighted by Crippen LogP contribution is -2.38. The fraction of sp³-hybridized carbons (Fsp3) is 0.263. The highest BCUT2D eigenvalue weighted by molar-refractivity contribution is 5.99. The minimum absolute atomic E-state index is 0.0230. The van der Waals surface area contributed by atoms with Crippen LogP contribution in [0.3, 0.4) is 0 Å². The van der Waals surface area contributed by atoms with Crippen LogP contribution in [0, 0.1) is 10.1 Å². The van der Waals surface area contributed by atoms with Crippen LogP contribution in [0.25, 0.3) is 0 Å². The van der Waals surface area contributed by atoms with Crippen molar-refractivity contribution in [2.75, 3.05) is 18.6 Å². The largest absolute Gasteiger partial charge is 0.490 e. The zero-order chi connectivity index (χ0) is 19.6. The van der Waals surface area contributed by atoms with Gasteiger partial charge in [0.05, 0.1) is 17.6 Å². The first-order valence-corrected chi connectivity index (χ1v) is 8.32. The predicted octanol–water partition coefficient (Wildman–Crippen LogP) is 2.74. The summed E-state index contributed by atoms with van der Waals surface area (Å²) in [6, 6.07) is 11.3. The number of anilines is 1. The molecule has 0 saturated heterocycles. The van der Waals surface area contributed by atoms with E-state index < -0.39 is 17.5 Å². The Labute approximate surface area is 155 Å². The first kappa shape index (κ1) is 18.4. The Morgan fingerprint density at radius 2 is 2.00 bits per heavy atom. The van der Waals surface area contributed by atoms with E-state index in [1.54, 1.807) is 4.90 Å². The van der Waals surface area contributed by atoms with Crippen molar-refractivity contribution in [3.05, 3.63) is 63.7 Å². The van der Waals surface area contributed by atoms with Gasteiger partial charge >= 0.3 is 11.7 Å². The average Bonchev–Trinajstić information content (AvgIpc) is 3.00. The highest BCUT2D eigenvalue weighted by atomic mass is 16.6. The lowest BCUT2D eigenvalue weighted by Gasteiger charge is -2.22. The molecule has 2 aromatic carbocycles. The van der Waals surface area contributed by atoms with Gasteiger partial charge in [0, 0.05) is 17.8 Å². The van der Waals surface area contributed by atoms with Gasteiger partial charge in [0.2, 0.25) is 0 Å². The third-order valence-electron chi connectivity index (χ3n) is 4.41. The maximum Gasteiger partial charge on any atom is 0.338 e. The number of carbonyl (C=O) groups is 2. The molecule has 0 aromatic heterocycles. The molecular formula is C19H18N2O6. The quantitative estimate of drug-likeness (QED) is 0.456. The molecule has 1 aliphatic rings. The maximum atomic E-state index is 12.6. The van der Waals surface area contributed by atoms with Crippen LogP contribution in [0.5, 0.6) is 5.75 Å². The van der Waals surface area contributed by atoms with E-state index in [1.807, 2.05) is 31.2 Å². The van der Waals surface area contributed by atoms with E-state index in [0.717, 1.165) is 23.7 Å². The summed E-state index contributed by atoms with van der Waals surface area (Å²) in [6.45, 7) is 1.48. The van der Waals surface area contributed by atoms with Crippen molar-refractivity contribution < 1.29 is 24.0 Å². The second-order valence-electron chi connectivity index (χ2n) is 6.17. The molecule has 0 unspecified atom stereocenters. The number of rotatable bonds is 5. The molecule has 2 aromatic rings. The van der Waals surface area contributed by atoms with Crippen molar-refractivity contribution in [1.29, 1.82) is 0 Å². The molecule has 0 N–H and O–H groups in total. The van der Waals surface area contributed by atoms with Crippen molar-refractivity contribution >= 4 is 23.3 Å². The molecule has 140 valence electrons. The zero-order valence-corrected chi connectivity index (χ0v) is 14.9. The van der Waals surface area contributed by atoms with Crippen LogP contribution in [0.4, 0.5) is 11.4 Å². The Balaban J connectivity index is 1.70. The lowest BCUT2D eigenvalue weighted by molar-refractivity contribution is -0.385. The van der Waals surface area contributed by atoms with Crippen LogP contribution in [0.1, 0.15) is 22.8 Å². The van der Waals surface area contributed by atoms with E-state index >= 15 is 0 Å². The first-order valence-electron chi connectivity index (χ1n) is 8.32. The second-order valence-corrected chi connectivity index (χ2v) is 6.17. The SMILES string of the molecule is COc1ccc(C(=O)OCC(=O)N2c3ccccc3C[C@@H]2C)cc1[N+](=O)[O-]. The highest BCUT2D eigenvalue weighted by Crippen LogP contribution is 2.32. The number of ether oxygens (including phenoxy) is 2. The number of nitro benzene ring substituents is 1. The second kappa shape index (κ2) is 7.45. The van der Waals surface area contributed by atoms with Gasteiger partial charge in [-0.15, -0.1) is 0 Å². The molecule has 1 heterocycles. The molecule has 0 spiro atoms. The van der Waals surface area contributed by atoms with Gasteiger partial charge in [0.15, 0.2) is 12.4 Å². The van der Waals surface area contributed by atoms with Crippen molar-refractivity contribution in [2.45, 2.75) is 19.4 Å². The zero-order valence-electron chi connectivity index (χ0n) is 14.9. The average molecular weight is 370 g/mol. The Bertz CT molecular complexity index is 911. The van der Waals surface area contributed by atoms with E-state index in [1.165, 1.54) is 19.2 Å². The summed E-state index contributed by atoms with van der Waals surface area (Å²) in [4.78, 5) is 36.8. The smallest absolute Gasteiger partial charge is 0.338 e. The molecular weight excluding hydrogens is 352 g/mol. The molecule has 1 aliphatic heterocycles. The van der Waals surface area contributed by atoms with Crippen LogP contribution in [0.15, 0.2) is 42.5 Å². The van der Waals surface area contributed by atoms with Gasteiger partial charge in [0.25, 0.3) is 5.91 Å². The van der Waals surface area contributed by atoms with Gasteiger partial charge in [-0.05, 0) is 37.1 Å². The summed E-state index contributed by atoms with van der Waals surface area (Å²) in [7, 11) is 1.30. The summed E-state index contributed by atoms with van der Waals surface area (Å²) in [5.74, 6) is -1.12. The van der Waals surface area contributed by atoms with Gasteiger partial charge < -0.3 is 14.4 Å². The molecule has 1 atom stereocenters. The Kier molecular flexibility index (Phi) is 5.07. The minimum atomic E-state index is -0.811. The van der Waals surface area contributed by atoms with E-state index in [0.29, 0.717) is 0 Å². The molecule has 27 heavy (non-hydrogen) atoms. The normalized spacial score (nSPS) is 15.2. The van der Waals surface area contributed by atoms with Gasteiger partial charge in [-0.1, -0.05) is 18.2 Å². The number of esters is 1. The standard InChI is InChI=1S/C19H18N2O6/c1-12-9-13-5-3-4-6-15(13)20(12)18(22)11-27-19(23)14-7-8-17(26-2)16(10-14)21(24)25/h3-8,10,12H,9,11H2,1-2H3/t12-/m0/s1. The number of nitrogens with zero attached hydrogens (tertiary/aromatic N) is 2. The van der Waals surface area contributed by atoms with E-state index in [4.69, 9.17) is 9.47 Å². The van der Waals surface area contributed by atoms with Gasteiger partial charge in [0.1, 0.15) is 0 Å². The van der Waals surface area contributed by atoms with E-state index in [2.05, 4.69) is 0 Å². The maximum absolute atomic E-state index is 12.6. The third-order valence-corrected chi connectivity index (χ3v) is 4.41. The van der Waals surface area contributed by atoms with Crippen LogP contribution < -0.4 is 9.64 Å². The van der Waals surface area contributed by atoms with Crippen LogP contribution in [0.2, 0.25) is 0 Å². The Hall–Kier alpha value is -3.42. The lowest BCUT2D eigenvalue weighted by atomic mass is 10.1.